The monoisotopic (exact) mass is 175 g/mol. The van der Waals surface area contributed by atoms with Gasteiger partial charge in [0.15, 0.2) is 0 Å². The van der Waals surface area contributed by atoms with Crippen LogP contribution in [-0.4, -0.2) is 32.3 Å². The number of esters is 1. The van der Waals surface area contributed by atoms with Crippen LogP contribution >= 0.6 is 0 Å². The first kappa shape index (κ1) is 9.44. The predicted molar refractivity (Wildman–Crippen MR) is 40.1 cm³/mol. The molecule has 0 bridgehead atoms. The van der Waals surface area contributed by atoms with Crippen molar-refractivity contribution in [1.29, 1.82) is 0 Å². The van der Waals surface area contributed by atoms with Gasteiger partial charge in [-0.3, -0.25) is 4.79 Å². The third kappa shape index (κ3) is 1.43. The van der Waals surface area contributed by atoms with Gasteiger partial charge in [-0.15, -0.1) is 0 Å². The van der Waals surface area contributed by atoms with E-state index in [0.717, 1.165) is 0 Å². The molecular formula is C7H13NO4. The molecule has 0 aromatic carbocycles. The van der Waals surface area contributed by atoms with Crippen molar-refractivity contribution in [3.8, 4) is 0 Å². The van der Waals surface area contributed by atoms with Crippen LogP contribution in [0.15, 0.2) is 0 Å². The summed E-state index contributed by atoms with van der Waals surface area (Å²) in [6.07, 6.45) is -0.731. The SMILES string of the molecule is CC[C@@H]1NC(OC)(OC)OC1=O. The Kier molecular flexibility index (Phi) is 2.66. The number of carbonyl (C=O) groups excluding carboxylic acids is 1. The van der Waals surface area contributed by atoms with Crippen molar-refractivity contribution in [2.24, 2.45) is 0 Å². The summed E-state index contributed by atoms with van der Waals surface area (Å²) in [6, 6.07) is -0.343. The molecule has 70 valence electrons. The Morgan fingerprint density at radius 3 is 2.42 bits per heavy atom. The summed E-state index contributed by atoms with van der Waals surface area (Å²) in [5.74, 6) is -0.346. The van der Waals surface area contributed by atoms with Crippen LogP contribution < -0.4 is 5.32 Å². The van der Waals surface area contributed by atoms with Gasteiger partial charge in [0, 0.05) is 14.2 Å². The van der Waals surface area contributed by atoms with Gasteiger partial charge in [0.1, 0.15) is 6.04 Å². The molecule has 1 N–H and O–H groups in total. The first-order valence-electron chi connectivity index (χ1n) is 3.78. The Bertz CT molecular complexity index is 178. The van der Waals surface area contributed by atoms with Gasteiger partial charge in [-0.25, -0.2) is 5.32 Å². The van der Waals surface area contributed by atoms with Gasteiger partial charge < -0.3 is 14.2 Å². The molecule has 12 heavy (non-hydrogen) atoms. The number of hydrogen-bond donors (Lipinski definition) is 1. The Morgan fingerprint density at radius 2 is 2.17 bits per heavy atom. The summed E-state index contributed by atoms with van der Waals surface area (Å²) in [4.78, 5) is 11.1. The van der Waals surface area contributed by atoms with Crippen LogP contribution in [-0.2, 0) is 19.0 Å². The fraction of sp³-hybridized carbons (Fsp3) is 0.857. The number of rotatable bonds is 3. The standard InChI is InChI=1S/C7H13NO4/c1-4-5-6(9)12-7(8-5,10-2)11-3/h5,8H,4H2,1-3H3/t5-/m0/s1. The molecule has 5 nitrogen and oxygen atoms in total. The normalized spacial score (nSPS) is 27.2. The number of nitrogens with one attached hydrogen (secondary N) is 1. The lowest BCUT2D eigenvalue weighted by Gasteiger charge is -2.22. The van der Waals surface area contributed by atoms with Gasteiger partial charge >= 0.3 is 12.1 Å². The zero-order valence-corrected chi connectivity index (χ0v) is 7.42. The van der Waals surface area contributed by atoms with Crippen molar-refractivity contribution >= 4 is 5.97 Å². The van der Waals surface area contributed by atoms with Gasteiger partial charge in [-0.2, -0.15) is 0 Å². The Hall–Kier alpha value is -0.650. The third-order valence-corrected chi connectivity index (χ3v) is 1.82. The Labute approximate surface area is 71.0 Å². The van der Waals surface area contributed by atoms with Crippen LogP contribution in [0.1, 0.15) is 13.3 Å². The minimum atomic E-state index is -1.38. The zero-order chi connectivity index (χ0) is 9.19. The molecule has 0 radical (unpaired) electrons. The third-order valence-electron chi connectivity index (χ3n) is 1.82. The molecule has 1 heterocycles. The minimum Gasteiger partial charge on any atom is -0.393 e. The molecule has 0 aliphatic carbocycles. The van der Waals surface area contributed by atoms with E-state index in [1.54, 1.807) is 0 Å². The quantitative estimate of drug-likeness (QED) is 0.476. The van der Waals surface area contributed by atoms with Gasteiger partial charge in [0.25, 0.3) is 0 Å². The van der Waals surface area contributed by atoms with E-state index in [9.17, 15) is 4.79 Å². The maximum Gasteiger partial charge on any atom is 0.399 e. The molecule has 1 fully saturated rings. The molecule has 1 saturated heterocycles. The van der Waals surface area contributed by atoms with E-state index in [2.05, 4.69) is 5.32 Å². The highest BCUT2D eigenvalue weighted by molar-refractivity contribution is 5.77. The molecule has 0 unspecified atom stereocenters. The lowest BCUT2D eigenvalue weighted by Crippen LogP contribution is -2.47. The van der Waals surface area contributed by atoms with E-state index in [-0.39, 0.29) is 12.0 Å². The lowest BCUT2D eigenvalue weighted by molar-refractivity contribution is -0.342. The molecule has 1 atom stereocenters. The minimum absolute atomic E-state index is 0.343. The van der Waals surface area contributed by atoms with E-state index in [4.69, 9.17) is 14.2 Å². The smallest absolute Gasteiger partial charge is 0.393 e. The number of methoxy groups -OCH3 is 2. The average molecular weight is 175 g/mol. The van der Waals surface area contributed by atoms with Gasteiger partial charge in [0.2, 0.25) is 0 Å². The number of carbonyl (C=O) groups is 1. The molecule has 0 aromatic heterocycles. The van der Waals surface area contributed by atoms with Crippen LogP contribution in [0.25, 0.3) is 0 Å². The number of ether oxygens (including phenoxy) is 3. The maximum atomic E-state index is 11.1. The summed E-state index contributed by atoms with van der Waals surface area (Å²) in [6.45, 7) is 1.88. The number of hydrogen-bond acceptors (Lipinski definition) is 5. The zero-order valence-electron chi connectivity index (χ0n) is 7.42. The Morgan fingerprint density at radius 1 is 1.58 bits per heavy atom. The first-order chi connectivity index (χ1) is 5.67. The summed E-state index contributed by atoms with van der Waals surface area (Å²) in [5.41, 5.74) is 0. The molecule has 0 spiro atoms. The number of cyclic esters (lactones) is 1. The fourth-order valence-electron chi connectivity index (χ4n) is 1.06. The molecule has 1 aliphatic heterocycles. The molecule has 0 aromatic rings. The van der Waals surface area contributed by atoms with Crippen molar-refractivity contribution in [1.82, 2.24) is 5.32 Å². The Balaban J connectivity index is 2.68. The van der Waals surface area contributed by atoms with E-state index in [1.807, 2.05) is 6.92 Å². The second-order valence-electron chi connectivity index (χ2n) is 2.49. The summed E-state index contributed by atoms with van der Waals surface area (Å²) in [5, 5.41) is 2.79. The van der Waals surface area contributed by atoms with Crippen molar-refractivity contribution in [2.45, 2.75) is 25.5 Å². The fourth-order valence-corrected chi connectivity index (χ4v) is 1.06. The van der Waals surface area contributed by atoms with Crippen molar-refractivity contribution in [3.63, 3.8) is 0 Å². The highest BCUT2D eigenvalue weighted by Crippen LogP contribution is 2.19. The van der Waals surface area contributed by atoms with Gasteiger partial charge in [0.05, 0.1) is 0 Å². The maximum absolute atomic E-state index is 11.1. The highest BCUT2D eigenvalue weighted by atomic mass is 16.9. The van der Waals surface area contributed by atoms with Crippen LogP contribution in [0.4, 0.5) is 0 Å². The molecule has 1 aliphatic rings. The lowest BCUT2D eigenvalue weighted by atomic mass is 10.2. The van der Waals surface area contributed by atoms with Crippen molar-refractivity contribution < 1.29 is 19.0 Å². The summed E-state index contributed by atoms with van der Waals surface area (Å²) >= 11 is 0. The molecule has 0 amide bonds. The van der Waals surface area contributed by atoms with E-state index in [1.165, 1.54) is 14.2 Å². The topological polar surface area (TPSA) is 56.8 Å². The molecule has 0 saturated carbocycles. The van der Waals surface area contributed by atoms with Crippen LogP contribution in [0.3, 0.4) is 0 Å². The van der Waals surface area contributed by atoms with Crippen molar-refractivity contribution in [2.75, 3.05) is 14.2 Å². The largest absolute Gasteiger partial charge is 0.399 e. The van der Waals surface area contributed by atoms with Gasteiger partial charge in [-0.1, -0.05) is 6.92 Å². The average Bonchev–Trinajstić information content (AvgIpc) is 2.43. The van der Waals surface area contributed by atoms with E-state index >= 15 is 0 Å². The van der Waals surface area contributed by atoms with Crippen LogP contribution in [0.2, 0.25) is 0 Å². The van der Waals surface area contributed by atoms with E-state index in [0.29, 0.717) is 6.42 Å². The summed E-state index contributed by atoms with van der Waals surface area (Å²) in [7, 11) is 2.81. The van der Waals surface area contributed by atoms with Crippen molar-refractivity contribution in [3.05, 3.63) is 0 Å². The van der Waals surface area contributed by atoms with E-state index < -0.39 is 6.10 Å². The second kappa shape index (κ2) is 3.38. The summed E-state index contributed by atoms with van der Waals surface area (Å²) < 4.78 is 14.6. The highest BCUT2D eigenvalue weighted by Gasteiger charge is 2.46. The van der Waals surface area contributed by atoms with Crippen LogP contribution in [0, 0.1) is 0 Å². The second-order valence-corrected chi connectivity index (χ2v) is 2.49. The molecule has 5 heteroatoms. The first-order valence-corrected chi connectivity index (χ1v) is 3.78. The molecule has 1 rings (SSSR count). The molecular weight excluding hydrogens is 162 g/mol. The van der Waals surface area contributed by atoms with Crippen LogP contribution in [0.5, 0.6) is 0 Å². The predicted octanol–water partition coefficient (Wildman–Crippen LogP) is -0.185. The van der Waals surface area contributed by atoms with Gasteiger partial charge in [-0.05, 0) is 6.42 Å².